The number of nitrogens with one attached hydrogen (secondary N) is 2. The van der Waals surface area contributed by atoms with E-state index >= 15 is 0 Å². The summed E-state index contributed by atoms with van der Waals surface area (Å²) in [5.74, 6) is -4.90. The van der Waals surface area contributed by atoms with Crippen molar-refractivity contribution in [1.82, 2.24) is 25.6 Å². The second kappa shape index (κ2) is 18.9. The first kappa shape index (κ1) is 43.7. The molecule has 1 aliphatic heterocycles. The summed E-state index contributed by atoms with van der Waals surface area (Å²) in [4.78, 5) is 88.0. The molecule has 1 aliphatic carbocycles. The second-order valence-electron chi connectivity index (χ2n) is 14.8. The fourth-order valence-electron chi connectivity index (χ4n) is 6.78. The smallest absolute Gasteiger partial charge is 0.407 e. The van der Waals surface area contributed by atoms with E-state index in [1.165, 1.54) is 6.20 Å². The van der Waals surface area contributed by atoms with Gasteiger partial charge in [0.25, 0.3) is 0 Å². The summed E-state index contributed by atoms with van der Waals surface area (Å²) in [5.41, 5.74) is 3.29. The van der Waals surface area contributed by atoms with Crippen molar-refractivity contribution in [2.45, 2.75) is 110 Å². The van der Waals surface area contributed by atoms with Crippen LogP contribution in [-0.2, 0) is 68.5 Å². The molecule has 1 aromatic heterocycles. The van der Waals surface area contributed by atoms with Gasteiger partial charge < -0.3 is 43.8 Å². The number of hydrogen-bond donors (Lipinski definition) is 2. The molecule has 6 atom stereocenters. The van der Waals surface area contributed by atoms with Crippen molar-refractivity contribution in [1.29, 1.82) is 0 Å². The third-order valence-corrected chi connectivity index (χ3v) is 8.97. The fraction of sp³-hybridized carbons (Fsp3) is 0.475. The highest BCUT2D eigenvalue weighted by Crippen LogP contribution is 2.44. The van der Waals surface area contributed by atoms with E-state index in [9.17, 15) is 33.6 Å². The normalized spacial score (nSPS) is 20.2. The Kier molecular flexibility index (Phi) is 14.0. The van der Waals surface area contributed by atoms with Crippen molar-refractivity contribution in [3.8, 4) is 11.1 Å². The predicted octanol–water partition coefficient (Wildman–Crippen LogP) is 2.79. The van der Waals surface area contributed by atoms with Crippen LogP contribution in [0.5, 0.6) is 0 Å². The van der Waals surface area contributed by atoms with Crippen molar-refractivity contribution >= 4 is 41.8 Å². The lowest BCUT2D eigenvalue weighted by Gasteiger charge is -2.44. The number of aromatic nitrogens is 3. The van der Waals surface area contributed by atoms with Crippen molar-refractivity contribution in [3.63, 3.8) is 0 Å². The molecule has 59 heavy (non-hydrogen) atoms. The molecule has 0 bridgehead atoms. The zero-order valence-corrected chi connectivity index (χ0v) is 33.6. The van der Waals surface area contributed by atoms with Crippen LogP contribution < -0.4 is 10.6 Å². The molecule has 2 aliphatic rings. The Balaban J connectivity index is 1.31. The molecule has 2 amide bonds. The highest BCUT2D eigenvalue weighted by atomic mass is 16.7. The van der Waals surface area contributed by atoms with Crippen molar-refractivity contribution in [2.24, 2.45) is 0 Å². The summed E-state index contributed by atoms with van der Waals surface area (Å²) in [7, 11) is 0. The molecule has 0 radical (unpaired) electrons. The lowest BCUT2D eigenvalue weighted by atomic mass is 9.97. The standard InChI is InChI=1S/C40H47N5O14/c1-21(46)53-20-32-34(55-22(2)47)35(56-23(3)48)36(57-24(4)49)38(58-32)45-18-25(43-44-45)17-41-37(51)31(16-33(50)59-40(5,6)7)42-39(52)54-19-30-28-14-10-8-12-26(28)27-13-9-11-15-29(27)30/h8-15,18,30-32,34-36,38H,16-17,19-20H2,1-7H3,(H,41,51)(H,42,52)/t31-,32+,34-,35-,36+,38+/m0/s1. The molecule has 0 spiro atoms. The fourth-order valence-corrected chi connectivity index (χ4v) is 6.78. The Morgan fingerprint density at radius 3 is 1.92 bits per heavy atom. The molecular weight excluding hydrogens is 774 g/mol. The minimum absolute atomic E-state index is 0.0387. The van der Waals surface area contributed by atoms with Crippen LogP contribution in [0.15, 0.2) is 54.7 Å². The molecule has 2 aromatic carbocycles. The number of benzene rings is 2. The van der Waals surface area contributed by atoms with Gasteiger partial charge in [-0.25, -0.2) is 9.48 Å². The number of esters is 5. The van der Waals surface area contributed by atoms with Crippen LogP contribution in [0.25, 0.3) is 11.1 Å². The molecule has 2 N–H and O–H groups in total. The Morgan fingerprint density at radius 2 is 1.34 bits per heavy atom. The average molecular weight is 822 g/mol. The van der Waals surface area contributed by atoms with E-state index in [2.05, 4.69) is 20.9 Å². The third kappa shape index (κ3) is 11.6. The minimum atomic E-state index is -1.46. The molecule has 19 nitrogen and oxygen atoms in total. The van der Waals surface area contributed by atoms with Crippen LogP contribution in [-0.4, -0.2) is 106 Å². The van der Waals surface area contributed by atoms with Gasteiger partial charge in [0.05, 0.1) is 19.2 Å². The molecule has 1 fully saturated rings. The Bertz CT molecular complexity index is 2020. The number of hydrogen-bond acceptors (Lipinski definition) is 16. The SMILES string of the molecule is CC(=O)OC[C@H]1O[C@@H](n2cc(CNC(=O)[C@H](CC(=O)OC(C)(C)C)NC(=O)OCC3c4ccccc4-c4ccccc43)nn2)[C@H](OC(C)=O)[C@@H](OC(C)=O)[C@H]1OC(C)=O. The van der Waals surface area contributed by atoms with Crippen LogP contribution in [0.4, 0.5) is 4.79 Å². The molecule has 5 rings (SSSR count). The maximum Gasteiger partial charge on any atom is 0.407 e. The van der Waals surface area contributed by atoms with E-state index in [4.69, 9.17) is 33.2 Å². The first-order chi connectivity index (χ1) is 27.9. The first-order valence-electron chi connectivity index (χ1n) is 18.7. The molecule has 1 saturated heterocycles. The summed E-state index contributed by atoms with van der Waals surface area (Å²) >= 11 is 0. The molecule has 316 valence electrons. The van der Waals surface area contributed by atoms with Gasteiger partial charge in [-0.15, -0.1) is 5.10 Å². The van der Waals surface area contributed by atoms with Crippen LogP contribution >= 0.6 is 0 Å². The van der Waals surface area contributed by atoms with Gasteiger partial charge in [-0.1, -0.05) is 53.7 Å². The number of alkyl carbamates (subject to hydrolysis) is 1. The molecule has 0 unspecified atom stereocenters. The Labute approximate surface area is 339 Å². The van der Waals surface area contributed by atoms with E-state index in [0.29, 0.717) is 0 Å². The Hall–Kier alpha value is -6.37. The summed E-state index contributed by atoms with van der Waals surface area (Å²) in [6, 6.07) is 14.2. The summed E-state index contributed by atoms with van der Waals surface area (Å²) in [6.45, 7) is 8.64. The van der Waals surface area contributed by atoms with Gasteiger partial charge >= 0.3 is 35.9 Å². The van der Waals surface area contributed by atoms with Gasteiger partial charge in [-0.2, -0.15) is 0 Å². The topological polar surface area (TPSA) is 239 Å². The van der Waals surface area contributed by atoms with E-state index in [1.807, 2.05) is 48.5 Å². The lowest BCUT2D eigenvalue weighted by Crippen LogP contribution is -2.60. The number of fused-ring (bicyclic) bond motifs is 3. The zero-order chi connectivity index (χ0) is 43.0. The maximum absolute atomic E-state index is 13.6. The number of rotatable bonds is 14. The van der Waals surface area contributed by atoms with Crippen molar-refractivity contribution < 1.29 is 66.7 Å². The van der Waals surface area contributed by atoms with Crippen LogP contribution in [0.2, 0.25) is 0 Å². The number of carbonyl (C=O) groups excluding carboxylic acids is 7. The van der Waals surface area contributed by atoms with Crippen molar-refractivity contribution in [2.75, 3.05) is 13.2 Å². The molecule has 19 heteroatoms. The summed E-state index contributed by atoms with van der Waals surface area (Å²) in [6.07, 6.45) is -7.08. The predicted molar refractivity (Wildman–Crippen MR) is 202 cm³/mol. The average Bonchev–Trinajstić information content (AvgIpc) is 3.75. The van der Waals surface area contributed by atoms with Gasteiger partial charge in [0.1, 0.15) is 36.7 Å². The van der Waals surface area contributed by atoms with Crippen LogP contribution in [0.1, 0.15) is 83.9 Å². The third-order valence-electron chi connectivity index (χ3n) is 8.97. The van der Waals surface area contributed by atoms with E-state index in [1.54, 1.807) is 20.8 Å². The Morgan fingerprint density at radius 1 is 0.763 bits per heavy atom. The lowest BCUT2D eigenvalue weighted by molar-refractivity contribution is -0.270. The minimum Gasteiger partial charge on any atom is -0.463 e. The van der Waals surface area contributed by atoms with Gasteiger partial charge in [0.15, 0.2) is 24.5 Å². The number of ether oxygens (including phenoxy) is 7. The first-order valence-corrected chi connectivity index (χ1v) is 18.7. The maximum atomic E-state index is 13.6. The number of nitrogens with zero attached hydrogens (tertiary/aromatic N) is 3. The number of carbonyl (C=O) groups is 7. The highest BCUT2D eigenvalue weighted by Gasteiger charge is 2.53. The summed E-state index contributed by atoms with van der Waals surface area (Å²) in [5, 5.41) is 13.2. The monoisotopic (exact) mass is 821 g/mol. The molecule has 3 aromatic rings. The zero-order valence-electron chi connectivity index (χ0n) is 33.6. The van der Waals surface area contributed by atoms with E-state index in [-0.39, 0.29) is 24.8 Å². The molecule has 0 saturated carbocycles. The molecule has 2 heterocycles. The second-order valence-corrected chi connectivity index (χ2v) is 14.8. The molecular formula is C40H47N5O14. The number of amides is 2. The quantitative estimate of drug-likeness (QED) is 0.176. The highest BCUT2D eigenvalue weighted by molar-refractivity contribution is 5.89. The van der Waals surface area contributed by atoms with Crippen LogP contribution in [0.3, 0.4) is 0 Å². The van der Waals surface area contributed by atoms with E-state index < -0.39 is 97.2 Å². The van der Waals surface area contributed by atoms with Gasteiger partial charge in [0.2, 0.25) is 5.91 Å². The van der Waals surface area contributed by atoms with E-state index in [0.717, 1.165) is 54.6 Å². The van der Waals surface area contributed by atoms with Gasteiger partial charge in [-0.05, 0) is 43.0 Å². The van der Waals surface area contributed by atoms with Crippen LogP contribution in [0, 0.1) is 0 Å². The largest absolute Gasteiger partial charge is 0.463 e. The van der Waals surface area contributed by atoms with Crippen molar-refractivity contribution in [3.05, 3.63) is 71.5 Å². The van der Waals surface area contributed by atoms with Gasteiger partial charge in [-0.3, -0.25) is 28.8 Å². The summed E-state index contributed by atoms with van der Waals surface area (Å²) < 4.78 is 39.8. The van der Waals surface area contributed by atoms with Gasteiger partial charge in [0, 0.05) is 33.6 Å².